The van der Waals surface area contributed by atoms with Crippen molar-refractivity contribution in [2.24, 2.45) is 7.05 Å². The Balaban J connectivity index is 1.60. The summed E-state index contributed by atoms with van der Waals surface area (Å²) in [7, 11) is 1.95. The Morgan fingerprint density at radius 2 is 2.26 bits per heavy atom. The fourth-order valence-corrected chi connectivity index (χ4v) is 3.37. The summed E-state index contributed by atoms with van der Waals surface area (Å²) < 4.78 is 1.85. The third-order valence-corrected chi connectivity index (χ3v) is 4.44. The molecular formula is C14H22N4O. The third-order valence-electron chi connectivity index (χ3n) is 4.44. The van der Waals surface area contributed by atoms with Crippen LogP contribution in [-0.2, 0) is 18.4 Å². The molecule has 1 unspecified atom stereocenters. The van der Waals surface area contributed by atoms with E-state index in [2.05, 4.69) is 21.5 Å². The molecule has 0 aliphatic carbocycles. The van der Waals surface area contributed by atoms with Gasteiger partial charge in [0.1, 0.15) is 0 Å². The Bertz CT molecular complexity index is 470. The van der Waals surface area contributed by atoms with Gasteiger partial charge in [-0.2, -0.15) is 5.10 Å². The van der Waals surface area contributed by atoms with Gasteiger partial charge in [-0.3, -0.25) is 14.4 Å². The van der Waals surface area contributed by atoms with E-state index in [-0.39, 0.29) is 11.4 Å². The average Bonchev–Trinajstić information content (AvgIpc) is 2.87. The maximum atomic E-state index is 11.5. The van der Waals surface area contributed by atoms with E-state index in [1.165, 1.54) is 12.0 Å². The molecule has 2 saturated heterocycles. The first-order chi connectivity index (χ1) is 9.15. The smallest absolute Gasteiger partial charge is 0.220 e. The topological polar surface area (TPSA) is 50.2 Å². The summed E-state index contributed by atoms with van der Waals surface area (Å²) in [6, 6.07) is 0. The molecule has 1 aromatic heterocycles. The van der Waals surface area contributed by atoms with E-state index in [1.807, 2.05) is 17.9 Å². The summed E-state index contributed by atoms with van der Waals surface area (Å²) in [6.07, 6.45) is 9.13. The van der Waals surface area contributed by atoms with Crippen LogP contribution in [0.4, 0.5) is 0 Å². The second kappa shape index (κ2) is 4.96. The van der Waals surface area contributed by atoms with Crippen molar-refractivity contribution in [2.45, 2.75) is 44.2 Å². The van der Waals surface area contributed by atoms with Gasteiger partial charge in [-0.25, -0.2) is 0 Å². The van der Waals surface area contributed by atoms with Gasteiger partial charge in [0, 0.05) is 43.9 Å². The van der Waals surface area contributed by atoms with E-state index in [1.54, 1.807) is 0 Å². The van der Waals surface area contributed by atoms with Crippen LogP contribution in [0.5, 0.6) is 0 Å². The normalized spacial score (nSPS) is 28.6. The lowest BCUT2D eigenvalue weighted by atomic mass is 9.89. The Morgan fingerprint density at radius 1 is 1.37 bits per heavy atom. The number of rotatable bonds is 2. The van der Waals surface area contributed by atoms with Crippen molar-refractivity contribution in [1.29, 1.82) is 0 Å². The minimum Gasteiger partial charge on any atom is -0.351 e. The molecule has 104 valence electrons. The van der Waals surface area contributed by atoms with Crippen molar-refractivity contribution >= 4 is 5.91 Å². The monoisotopic (exact) mass is 262 g/mol. The van der Waals surface area contributed by atoms with Crippen LogP contribution >= 0.6 is 0 Å². The van der Waals surface area contributed by atoms with Gasteiger partial charge < -0.3 is 5.32 Å². The number of nitrogens with one attached hydrogen (secondary N) is 1. The maximum absolute atomic E-state index is 11.5. The highest BCUT2D eigenvalue weighted by Gasteiger charge is 2.38. The van der Waals surface area contributed by atoms with Crippen LogP contribution in [0.2, 0.25) is 0 Å². The molecule has 0 saturated carbocycles. The van der Waals surface area contributed by atoms with E-state index in [9.17, 15) is 4.79 Å². The highest BCUT2D eigenvalue weighted by atomic mass is 16.2. The summed E-state index contributed by atoms with van der Waals surface area (Å²) in [5.74, 6) is 0.237. The van der Waals surface area contributed by atoms with Crippen molar-refractivity contribution in [3.63, 3.8) is 0 Å². The predicted octanol–water partition coefficient (Wildman–Crippen LogP) is 1.05. The first-order valence-electron chi connectivity index (χ1n) is 7.16. The third kappa shape index (κ3) is 2.81. The molecule has 1 amide bonds. The van der Waals surface area contributed by atoms with Gasteiger partial charge in [0.05, 0.1) is 6.20 Å². The molecule has 0 bridgehead atoms. The molecule has 1 atom stereocenters. The average molecular weight is 262 g/mol. The van der Waals surface area contributed by atoms with E-state index < -0.39 is 0 Å². The fraction of sp³-hybridized carbons (Fsp3) is 0.714. The number of aromatic nitrogens is 2. The molecule has 0 aromatic carbocycles. The Labute approximate surface area is 114 Å². The molecular weight excluding hydrogens is 240 g/mol. The number of aryl methyl sites for hydroxylation is 1. The van der Waals surface area contributed by atoms with Gasteiger partial charge in [-0.15, -0.1) is 0 Å². The minimum atomic E-state index is 0.0980. The summed E-state index contributed by atoms with van der Waals surface area (Å²) in [4.78, 5) is 14.0. The summed E-state index contributed by atoms with van der Waals surface area (Å²) in [5, 5.41) is 7.44. The maximum Gasteiger partial charge on any atom is 0.220 e. The van der Waals surface area contributed by atoms with Crippen molar-refractivity contribution in [2.75, 3.05) is 13.1 Å². The van der Waals surface area contributed by atoms with E-state index >= 15 is 0 Å². The lowest BCUT2D eigenvalue weighted by molar-refractivity contribution is -0.119. The van der Waals surface area contributed by atoms with Gasteiger partial charge in [-0.05, 0) is 32.2 Å². The van der Waals surface area contributed by atoms with Gasteiger partial charge in [0.25, 0.3) is 0 Å². The number of hydrogen-bond acceptors (Lipinski definition) is 3. The molecule has 2 aliphatic heterocycles. The molecule has 5 heteroatoms. The minimum absolute atomic E-state index is 0.0980. The van der Waals surface area contributed by atoms with Crippen molar-refractivity contribution < 1.29 is 4.79 Å². The van der Waals surface area contributed by atoms with Crippen LogP contribution in [0.1, 0.15) is 37.7 Å². The van der Waals surface area contributed by atoms with Crippen LogP contribution in [-0.4, -0.2) is 39.2 Å². The first kappa shape index (κ1) is 12.7. The molecule has 5 nitrogen and oxygen atoms in total. The van der Waals surface area contributed by atoms with E-state index in [4.69, 9.17) is 0 Å². The van der Waals surface area contributed by atoms with Gasteiger partial charge in [-0.1, -0.05) is 0 Å². The Morgan fingerprint density at radius 3 is 2.95 bits per heavy atom. The van der Waals surface area contributed by atoms with Crippen LogP contribution in [0.15, 0.2) is 12.4 Å². The van der Waals surface area contributed by atoms with Crippen LogP contribution in [0.3, 0.4) is 0 Å². The summed E-state index contributed by atoms with van der Waals surface area (Å²) >= 11 is 0. The molecule has 3 rings (SSSR count). The quantitative estimate of drug-likeness (QED) is 0.867. The Hall–Kier alpha value is -1.36. The van der Waals surface area contributed by atoms with Gasteiger partial charge in [0.2, 0.25) is 5.91 Å². The Kier molecular flexibility index (Phi) is 3.31. The number of likely N-dealkylation sites (tertiary alicyclic amines) is 1. The number of carbonyl (C=O) groups is 1. The highest BCUT2D eigenvalue weighted by molar-refractivity contribution is 5.79. The van der Waals surface area contributed by atoms with E-state index in [0.29, 0.717) is 6.42 Å². The zero-order chi connectivity index (χ0) is 13.3. The number of carbonyl (C=O) groups excluding carboxylic acids is 1. The van der Waals surface area contributed by atoms with Crippen LogP contribution in [0.25, 0.3) is 0 Å². The molecule has 2 fully saturated rings. The highest BCUT2D eigenvalue weighted by Crippen LogP contribution is 2.31. The zero-order valence-electron chi connectivity index (χ0n) is 11.6. The van der Waals surface area contributed by atoms with Gasteiger partial charge in [0.15, 0.2) is 0 Å². The molecule has 3 heterocycles. The second-order valence-corrected chi connectivity index (χ2v) is 5.98. The number of nitrogens with zero attached hydrogens (tertiary/aromatic N) is 3. The largest absolute Gasteiger partial charge is 0.351 e. The lowest BCUT2D eigenvalue weighted by Gasteiger charge is -2.27. The standard InChI is InChI=1S/C14H22N4O/c1-17-10-12(9-15-17)11-18-7-2-4-14(6-8-18)5-3-13(19)16-14/h9-10H,2-8,11H2,1H3,(H,16,19). The van der Waals surface area contributed by atoms with E-state index in [0.717, 1.165) is 38.9 Å². The molecule has 2 aliphatic rings. The van der Waals surface area contributed by atoms with Gasteiger partial charge >= 0.3 is 0 Å². The summed E-state index contributed by atoms with van der Waals surface area (Å²) in [5.41, 5.74) is 1.37. The van der Waals surface area contributed by atoms with Crippen molar-refractivity contribution in [1.82, 2.24) is 20.0 Å². The number of amides is 1. The van der Waals surface area contributed by atoms with Crippen molar-refractivity contribution in [3.8, 4) is 0 Å². The SMILES string of the molecule is Cn1cc(CN2CCCC3(CCC(=O)N3)CC2)cn1. The molecule has 0 radical (unpaired) electrons. The molecule has 1 aromatic rings. The second-order valence-electron chi connectivity index (χ2n) is 5.98. The van der Waals surface area contributed by atoms with Crippen molar-refractivity contribution in [3.05, 3.63) is 18.0 Å². The summed E-state index contributed by atoms with van der Waals surface area (Å²) in [6.45, 7) is 3.15. The molecule has 1 N–H and O–H groups in total. The zero-order valence-corrected chi connectivity index (χ0v) is 11.6. The lowest BCUT2D eigenvalue weighted by Crippen LogP contribution is -2.42. The predicted molar refractivity (Wildman–Crippen MR) is 72.4 cm³/mol. The van der Waals surface area contributed by atoms with Crippen LogP contribution in [0, 0.1) is 0 Å². The number of hydrogen-bond donors (Lipinski definition) is 1. The molecule has 19 heavy (non-hydrogen) atoms. The first-order valence-corrected chi connectivity index (χ1v) is 7.16. The van der Waals surface area contributed by atoms with Crippen LogP contribution < -0.4 is 5.32 Å². The fourth-order valence-electron chi connectivity index (χ4n) is 3.37. The molecule has 1 spiro atoms.